The number of ether oxygens (including phenoxy) is 3. The second-order valence-electron chi connectivity index (χ2n) is 6.55. The molecule has 0 aliphatic rings. The molecule has 4 aromatic rings. The fraction of sp³-hybridized carbons (Fsp3) is 0.174. The van der Waals surface area contributed by atoms with Crippen molar-refractivity contribution in [3.63, 3.8) is 0 Å². The number of methoxy groups -OCH3 is 3. The fourth-order valence-electron chi connectivity index (χ4n) is 3.48. The van der Waals surface area contributed by atoms with E-state index in [4.69, 9.17) is 30.8 Å². The van der Waals surface area contributed by atoms with Gasteiger partial charge in [-0.15, -0.1) is 0 Å². The van der Waals surface area contributed by atoms with Gasteiger partial charge in [-0.1, -0.05) is 41.9 Å². The molecule has 0 aliphatic heterocycles. The standard InChI is InChI=1S/C23H21ClN2O3/c1-27-20-11-15(12-21(28-2)22(20)29-3)14-26-19-10-9-17(24)13-18(19)25-23(26)16-7-5-4-6-8-16/h4-13H,14H2,1-3H3. The van der Waals surface area contributed by atoms with Gasteiger partial charge in [-0.3, -0.25) is 0 Å². The molecule has 0 spiro atoms. The van der Waals surface area contributed by atoms with E-state index < -0.39 is 0 Å². The quantitative estimate of drug-likeness (QED) is 0.426. The molecule has 0 N–H and O–H groups in total. The lowest BCUT2D eigenvalue weighted by atomic mass is 10.1. The van der Waals surface area contributed by atoms with Crippen LogP contribution < -0.4 is 14.2 Å². The Morgan fingerprint density at radius 2 is 1.55 bits per heavy atom. The van der Waals surface area contributed by atoms with Gasteiger partial charge in [-0.25, -0.2) is 4.98 Å². The lowest BCUT2D eigenvalue weighted by molar-refractivity contribution is 0.323. The summed E-state index contributed by atoms with van der Waals surface area (Å²) in [6.45, 7) is 0.582. The van der Waals surface area contributed by atoms with Crippen molar-refractivity contribution < 1.29 is 14.2 Å². The van der Waals surface area contributed by atoms with Crippen molar-refractivity contribution in [2.24, 2.45) is 0 Å². The highest BCUT2D eigenvalue weighted by Gasteiger charge is 2.17. The Hall–Kier alpha value is -3.18. The molecule has 0 atom stereocenters. The van der Waals surface area contributed by atoms with E-state index in [1.54, 1.807) is 21.3 Å². The molecule has 0 unspecified atom stereocenters. The molecule has 148 valence electrons. The Labute approximate surface area is 174 Å². The van der Waals surface area contributed by atoms with Gasteiger partial charge in [0, 0.05) is 17.1 Å². The molecular weight excluding hydrogens is 388 g/mol. The zero-order valence-electron chi connectivity index (χ0n) is 16.5. The summed E-state index contributed by atoms with van der Waals surface area (Å²) in [5.41, 5.74) is 3.89. The van der Waals surface area contributed by atoms with Gasteiger partial charge in [-0.2, -0.15) is 0 Å². The molecular formula is C23H21ClN2O3. The third kappa shape index (κ3) is 3.61. The third-order valence-corrected chi connectivity index (χ3v) is 5.04. The summed E-state index contributed by atoms with van der Waals surface area (Å²) >= 11 is 6.20. The summed E-state index contributed by atoms with van der Waals surface area (Å²) < 4.78 is 18.6. The van der Waals surface area contributed by atoms with Crippen LogP contribution in [-0.4, -0.2) is 30.9 Å². The van der Waals surface area contributed by atoms with Crippen LogP contribution in [0.2, 0.25) is 5.02 Å². The first kappa shape index (κ1) is 19.2. The number of hydrogen-bond donors (Lipinski definition) is 0. The van der Waals surface area contributed by atoms with E-state index in [9.17, 15) is 0 Å². The SMILES string of the molecule is COc1cc(Cn2c(-c3ccccc3)nc3cc(Cl)ccc32)cc(OC)c1OC. The maximum atomic E-state index is 6.20. The van der Waals surface area contributed by atoms with E-state index in [2.05, 4.69) is 16.7 Å². The van der Waals surface area contributed by atoms with E-state index in [0.29, 0.717) is 28.8 Å². The summed E-state index contributed by atoms with van der Waals surface area (Å²) in [6, 6.07) is 19.8. The predicted molar refractivity (Wildman–Crippen MR) is 115 cm³/mol. The Bertz CT molecular complexity index is 1130. The highest BCUT2D eigenvalue weighted by molar-refractivity contribution is 6.31. The molecule has 1 heterocycles. The van der Waals surface area contributed by atoms with Gasteiger partial charge in [0.25, 0.3) is 0 Å². The van der Waals surface area contributed by atoms with Gasteiger partial charge < -0.3 is 18.8 Å². The molecule has 0 fully saturated rings. The van der Waals surface area contributed by atoms with Crippen LogP contribution >= 0.6 is 11.6 Å². The first-order valence-corrected chi connectivity index (χ1v) is 9.52. The minimum absolute atomic E-state index is 0.573. The monoisotopic (exact) mass is 408 g/mol. The molecule has 6 heteroatoms. The predicted octanol–water partition coefficient (Wildman–Crippen LogP) is 5.43. The van der Waals surface area contributed by atoms with Crippen LogP contribution in [-0.2, 0) is 6.54 Å². The number of nitrogens with zero attached hydrogens (tertiary/aromatic N) is 2. The van der Waals surface area contributed by atoms with Gasteiger partial charge >= 0.3 is 0 Å². The first-order chi connectivity index (χ1) is 14.1. The Balaban J connectivity index is 1.88. The van der Waals surface area contributed by atoms with Crippen LogP contribution in [0.5, 0.6) is 17.2 Å². The van der Waals surface area contributed by atoms with E-state index in [1.165, 1.54) is 0 Å². The van der Waals surface area contributed by atoms with E-state index in [-0.39, 0.29) is 0 Å². The number of imidazole rings is 1. The van der Waals surface area contributed by atoms with Crippen molar-refractivity contribution in [1.82, 2.24) is 9.55 Å². The maximum absolute atomic E-state index is 6.20. The molecule has 1 aromatic heterocycles. The van der Waals surface area contributed by atoms with Crippen molar-refractivity contribution in [2.75, 3.05) is 21.3 Å². The fourth-order valence-corrected chi connectivity index (χ4v) is 3.65. The lowest BCUT2D eigenvalue weighted by Gasteiger charge is -2.15. The summed E-state index contributed by atoms with van der Waals surface area (Å²) in [4.78, 5) is 4.85. The van der Waals surface area contributed by atoms with Gasteiger partial charge in [0.2, 0.25) is 5.75 Å². The topological polar surface area (TPSA) is 45.5 Å². The van der Waals surface area contributed by atoms with E-state index in [0.717, 1.165) is 28.0 Å². The largest absolute Gasteiger partial charge is 0.493 e. The normalized spacial score (nSPS) is 10.9. The van der Waals surface area contributed by atoms with Crippen LogP contribution in [0.4, 0.5) is 0 Å². The molecule has 0 aliphatic carbocycles. The van der Waals surface area contributed by atoms with Crippen LogP contribution in [0, 0.1) is 0 Å². The number of fused-ring (bicyclic) bond motifs is 1. The summed E-state index contributed by atoms with van der Waals surface area (Å²) in [7, 11) is 4.83. The van der Waals surface area contributed by atoms with Crippen molar-refractivity contribution >= 4 is 22.6 Å². The molecule has 4 rings (SSSR count). The number of halogens is 1. The molecule has 0 saturated carbocycles. The van der Waals surface area contributed by atoms with Crippen LogP contribution in [0.1, 0.15) is 5.56 Å². The van der Waals surface area contributed by atoms with Crippen LogP contribution in [0.25, 0.3) is 22.4 Å². The zero-order chi connectivity index (χ0) is 20.4. The molecule has 3 aromatic carbocycles. The smallest absolute Gasteiger partial charge is 0.203 e. The van der Waals surface area contributed by atoms with Gasteiger partial charge in [-0.05, 0) is 35.9 Å². The number of hydrogen-bond acceptors (Lipinski definition) is 4. The van der Waals surface area contributed by atoms with Crippen molar-refractivity contribution in [3.05, 3.63) is 71.2 Å². The minimum Gasteiger partial charge on any atom is -0.493 e. The number of rotatable bonds is 6. The summed E-state index contributed by atoms with van der Waals surface area (Å²) in [6.07, 6.45) is 0. The van der Waals surface area contributed by atoms with Crippen LogP contribution in [0.15, 0.2) is 60.7 Å². The second-order valence-corrected chi connectivity index (χ2v) is 6.99. The third-order valence-electron chi connectivity index (χ3n) is 4.81. The average molecular weight is 409 g/mol. The zero-order valence-corrected chi connectivity index (χ0v) is 17.2. The summed E-state index contributed by atoms with van der Waals surface area (Å²) in [5, 5.41) is 0.662. The summed E-state index contributed by atoms with van der Waals surface area (Å²) in [5.74, 6) is 2.69. The van der Waals surface area contributed by atoms with Crippen LogP contribution in [0.3, 0.4) is 0 Å². The molecule has 0 radical (unpaired) electrons. The molecule has 0 saturated heterocycles. The van der Waals surface area contributed by atoms with Crippen molar-refractivity contribution in [2.45, 2.75) is 6.54 Å². The first-order valence-electron chi connectivity index (χ1n) is 9.14. The molecule has 0 amide bonds. The second kappa shape index (κ2) is 8.05. The number of aromatic nitrogens is 2. The maximum Gasteiger partial charge on any atom is 0.203 e. The van der Waals surface area contributed by atoms with Gasteiger partial charge in [0.05, 0.1) is 32.4 Å². The van der Waals surface area contributed by atoms with Crippen molar-refractivity contribution in [3.8, 4) is 28.6 Å². The van der Waals surface area contributed by atoms with Crippen molar-refractivity contribution in [1.29, 1.82) is 0 Å². The van der Waals surface area contributed by atoms with E-state index >= 15 is 0 Å². The lowest BCUT2D eigenvalue weighted by Crippen LogP contribution is -2.04. The highest BCUT2D eigenvalue weighted by atomic mass is 35.5. The van der Waals surface area contributed by atoms with E-state index in [1.807, 2.05) is 48.5 Å². The van der Waals surface area contributed by atoms with Gasteiger partial charge in [0.15, 0.2) is 11.5 Å². The average Bonchev–Trinajstić information content (AvgIpc) is 3.10. The molecule has 0 bridgehead atoms. The minimum atomic E-state index is 0.573. The molecule has 29 heavy (non-hydrogen) atoms. The number of benzene rings is 3. The highest BCUT2D eigenvalue weighted by Crippen LogP contribution is 2.39. The Morgan fingerprint density at radius 3 is 2.17 bits per heavy atom. The Kier molecular flexibility index (Phi) is 5.32. The molecule has 5 nitrogen and oxygen atoms in total. The van der Waals surface area contributed by atoms with Gasteiger partial charge in [0.1, 0.15) is 5.82 Å². The Morgan fingerprint density at radius 1 is 0.862 bits per heavy atom.